The summed E-state index contributed by atoms with van der Waals surface area (Å²) in [6, 6.07) is 7.10. The second-order valence-corrected chi connectivity index (χ2v) is 5.93. The van der Waals surface area contributed by atoms with Crippen molar-refractivity contribution in [2.45, 2.75) is 38.9 Å². The van der Waals surface area contributed by atoms with Crippen LogP contribution < -0.4 is 10.6 Å². The van der Waals surface area contributed by atoms with Gasteiger partial charge >= 0.3 is 6.03 Å². The molecule has 2 rings (SSSR count). The van der Waals surface area contributed by atoms with Crippen LogP contribution in [0, 0.1) is 0 Å². The van der Waals surface area contributed by atoms with Crippen LogP contribution >= 0.6 is 11.6 Å². The summed E-state index contributed by atoms with van der Waals surface area (Å²) in [4.78, 5) is 25.4. The van der Waals surface area contributed by atoms with Gasteiger partial charge in [0, 0.05) is 30.6 Å². The molecule has 0 radical (unpaired) electrons. The van der Waals surface area contributed by atoms with Gasteiger partial charge in [0.1, 0.15) is 0 Å². The molecule has 3 amide bonds. The maximum absolute atomic E-state index is 11.9. The summed E-state index contributed by atoms with van der Waals surface area (Å²) in [5.74, 6) is 0.0881. The number of hydrogen-bond acceptors (Lipinski definition) is 2. The second-order valence-electron chi connectivity index (χ2n) is 5.50. The number of hydrogen-bond donors (Lipinski definition) is 2. The van der Waals surface area contributed by atoms with E-state index in [0.29, 0.717) is 24.5 Å². The average molecular weight is 310 g/mol. The number of likely N-dealkylation sites (tertiary alicyclic amines) is 1. The monoisotopic (exact) mass is 309 g/mol. The Morgan fingerprint density at radius 3 is 2.86 bits per heavy atom. The van der Waals surface area contributed by atoms with E-state index >= 15 is 0 Å². The molecular formula is C15H20ClN3O2. The molecule has 21 heavy (non-hydrogen) atoms. The van der Waals surface area contributed by atoms with Crippen LogP contribution in [0.15, 0.2) is 24.3 Å². The van der Waals surface area contributed by atoms with Crippen molar-refractivity contribution in [2.24, 2.45) is 0 Å². The van der Waals surface area contributed by atoms with E-state index in [0.717, 1.165) is 5.56 Å². The number of rotatable bonds is 4. The smallest absolute Gasteiger partial charge is 0.315 e. The van der Waals surface area contributed by atoms with Crippen molar-refractivity contribution in [3.8, 4) is 0 Å². The van der Waals surface area contributed by atoms with Crippen LogP contribution in [0.4, 0.5) is 4.79 Å². The minimum atomic E-state index is -0.265. The highest BCUT2D eigenvalue weighted by Crippen LogP contribution is 2.14. The highest BCUT2D eigenvalue weighted by molar-refractivity contribution is 6.30. The molecule has 0 bridgehead atoms. The number of benzene rings is 1. The summed E-state index contributed by atoms with van der Waals surface area (Å²) in [7, 11) is 0. The fourth-order valence-corrected chi connectivity index (χ4v) is 2.61. The van der Waals surface area contributed by atoms with E-state index < -0.39 is 0 Å². The maximum atomic E-state index is 11.9. The van der Waals surface area contributed by atoms with Crippen molar-refractivity contribution in [3.05, 3.63) is 34.9 Å². The first kappa shape index (κ1) is 15.6. The first-order valence-corrected chi connectivity index (χ1v) is 7.42. The summed E-state index contributed by atoms with van der Waals surface area (Å²) in [6.45, 7) is 4.92. The summed E-state index contributed by atoms with van der Waals surface area (Å²) in [5, 5.41) is 6.25. The summed E-state index contributed by atoms with van der Waals surface area (Å²) >= 11 is 5.89. The Hall–Kier alpha value is -1.75. The Morgan fingerprint density at radius 2 is 2.24 bits per heavy atom. The SMILES string of the molecule is CC(C)N1CC(NC(=O)NCc2cccc(Cl)c2)CC1=O. The van der Waals surface area contributed by atoms with Crippen molar-refractivity contribution in [3.63, 3.8) is 0 Å². The number of urea groups is 1. The Labute approximate surface area is 129 Å². The molecule has 1 aliphatic heterocycles. The predicted molar refractivity (Wildman–Crippen MR) is 82.1 cm³/mol. The molecule has 1 saturated heterocycles. The van der Waals surface area contributed by atoms with Gasteiger partial charge in [0.2, 0.25) is 5.91 Å². The third kappa shape index (κ3) is 4.36. The molecule has 0 saturated carbocycles. The summed E-state index contributed by atoms with van der Waals surface area (Å²) < 4.78 is 0. The molecule has 114 valence electrons. The third-order valence-corrected chi connectivity index (χ3v) is 3.69. The largest absolute Gasteiger partial charge is 0.338 e. The molecule has 1 unspecified atom stereocenters. The lowest BCUT2D eigenvalue weighted by molar-refractivity contribution is -0.129. The molecule has 1 aromatic rings. The van der Waals surface area contributed by atoms with Gasteiger partial charge in [-0.3, -0.25) is 4.79 Å². The number of amides is 3. The number of carbonyl (C=O) groups is 2. The number of carbonyl (C=O) groups excluding carboxylic acids is 2. The van der Waals surface area contributed by atoms with Crippen molar-refractivity contribution < 1.29 is 9.59 Å². The Morgan fingerprint density at radius 1 is 1.48 bits per heavy atom. The fraction of sp³-hybridized carbons (Fsp3) is 0.467. The quantitative estimate of drug-likeness (QED) is 0.895. The lowest BCUT2D eigenvalue weighted by atomic mass is 10.2. The van der Waals surface area contributed by atoms with Crippen LogP contribution in [0.5, 0.6) is 0 Å². The first-order valence-electron chi connectivity index (χ1n) is 7.04. The van der Waals surface area contributed by atoms with Crippen LogP contribution in [0.25, 0.3) is 0 Å². The predicted octanol–water partition coefficient (Wildman–Crippen LogP) is 2.15. The van der Waals surface area contributed by atoms with Crippen LogP contribution in [-0.4, -0.2) is 35.5 Å². The van der Waals surface area contributed by atoms with Crippen molar-refractivity contribution in [1.29, 1.82) is 0 Å². The molecule has 1 aliphatic rings. The van der Waals surface area contributed by atoms with Crippen LogP contribution in [-0.2, 0) is 11.3 Å². The number of nitrogens with zero attached hydrogens (tertiary/aromatic N) is 1. The average Bonchev–Trinajstić information content (AvgIpc) is 2.77. The zero-order valence-corrected chi connectivity index (χ0v) is 13.0. The van der Waals surface area contributed by atoms with Gasteiger partial charge in [-0.1, -0.05) is 23.7 Å². The van der Waals surface area contributed by atoms with Gasteiger partial charge in [-0.15, -0.1) is 0 Å². The van der Waals surface area contributed by atoms with Gasteiger partial charge in [-0.05, 0) is 31.5 Å². The van der Waals surface area contributed by atoms with E-state index in [1.807, 2.05) is 26.0 Å². The molecule has 1 fully saturated rings. The number of halogens is 1. The van der Waals surface area contributed by atoms with Gasteiger partial charge in [0.25, 0.3) is 0 Å². The van der Waals surface area contributed by atoms with Crippen molar-refractivity contribution in [2.75, 3.05) is 6.54 Å². The molecule has 6 heteroatoms. The molecular weight excluding hydrogens is 290 g/mol. The van der Waals surface area contributed by atoms with Crippen molar-refractivity contribution in [1.82, 2.24) is 15.5 Å². The van der Waals surface area contributed by atoms with Gasteiger partial charge in [0.15, 0.2) is 0 Å². The second kappa shape index (κ2) is 6.80. The van der Waals surface area contributed by atoms with Gasteiger partial charge in [0.05, 0.1) is 6.04 Å². The van der Waals surface area contributed by atoms with Crippen molar-refractivity contribution >= 4 is 23.5 Å². The van der Waals surface area contributed by atoms with Crippen LogP contribution in [0.1, 0.15) is 25.8 Å². The normalized spacial score (nSPS) is 18.2. The van der Waals surface area contributed by atoms with Gasteiger partial charge < -0.3 is 15.5 Å². The standard InChI is InChI=1S/C15H20ClN3O2/c1-10(2)19-9-13(7-14(19)20)18-15(21)17-8-11-4-3-5-12(16)6-11/h3-6,10,13H,7-9H2,1-2H3,(H2,17,18,21). The van der Waals surface area contributed by atoms with E-state index in [2.05, 4.69) is 10.6 Å². The number of nitrogens with one attached hydrogen (secondary N) is 2. The van der Waals surface area contributed by atoms with Gasteiger partial charge in [-0.2, -0.15) is 0 Å². The lowest BCUT2D eigenvalue weighted by Gasteiger charge is -2.21. The minimum Gasteiger partial charge on any atom is -0.338 e. The van der Waals surface area contributed by atoms with E-state index in [-0.39, 0.29) is 24.0 Å². The molecule has 0 spiro atoms. The molecule has 5 nitrogen and oxygen atoms in total. The highest BCUT2D eigenvalue weighted by Gasteiger charge is 2.31. The maximum Gasteiger partial charge on any atom is 0.315 e. The summed E-state index contributed by atoms with van der Waals surface area (Å²) in [5.41, 5.74) is 0.934. The molecule has 0 aromatic heterocycles. The zero-order valence-electron chi connectivity index (χ0n) is 12.2. The Bertz CT molecular complexity index is 533. The first-order chi connectivity index (χ1) is 9.95. The van der Waals surface area contributed by atoms with E-state index in [1.54, 1.807) is 17.0 Å². The van der Waals surface area contributed by atoms with Crippen LogP contribution in [0.3, 0.4) is 0 Å². The zero-order chi connectivity index (χ0) is 15.4. The minimum absolute atomic E-state index is 0.0881. The molecule has 1 aromatic carbocycles. The third-order valence-electron chi connectivity index (χ3n) is 3.46. The molecule has 0 aliphatic carbocycles. The molecule has 1 atom stereocenters. The summed E-state index contributed by atoms with van der Waals surface area (Å²) in [6.07, 6.45) is 0.364. The fourth-order valence-electron chi connectivity index (χ4n) is 2.39. The van der Waals surface area contributed by atoms with E-state index in [4.69, 9.17) is 11.6 Å². The lowest BCUT2D eigenvalue weighted by Crippen LogP contribution is -2.43. The Kier molecular flexibility index (Phi) is 5.07. The topological polar surface area (TPSA) is 61.4 Å². The van der Waals surface area contributed by atoms with E-state index in [9.17, 15) is 9.59 Å². The molecule has 2 N–H and O–H groups in total. The highest BCUT2D eigenvalue weighted by atomic mass is 35.5. The van der Waals surface area contributed by atoms with Crippen LogP contribution in [0.2, 0.25) is 5.02 Å². The van der Waals surface area contributed by atoms with Gasteiger partial charge in [-0.25, -0.2) is 4.79 Å². The van der Waals surface area contributed by atoms with E-state index in [1.165, 1.54) is 0 Å². The molecule has 1 heterocycles. The Balaban J connectivity index is 1.79.